The first-order valence-electron chi connectivity index (χ1n) is 11.7. The monoisotopic (exact) mass is 460 g/mol. The van der Waals surface area contributed by atoms with E-state index in [2.05, 4.69) is 62.3 Å². The predicted octanol–water partition coefficient (Wildman–Crippen LogP) is 4.96. The first-order chi connectivity index (χ1) is 15.2. The van der Waals surface area contributed by atoms with Crippen LogP contribution in [-0.4, -0.2) is 46.7 Å². The van der Waals surface area contributed by atoms with Crippen LogP contribution in [0.5, 0.6) is 5.75 Å². The Bertz CT molecular complexity index is 813. The number of aliphatic hydroxyl groups is 1. The molecular formula is C26H40N2O3S. The molecule has 178 valence electrons. The van der Waals surface area contributed by atoms with E-state index < -0.39 is 17.3 Å². The van der Waals surface area contributed by atoms with Crippen LogP contribution in [0.25, 0.3) is 0 Å². The topological polar surface area (TPSA) is 78.8 Å². The average molecular weight is 461 g/mol. The minimum atomic E-state index is -1.25. The zero-order valence-corrected chi connectivity index (χ0v) is 21.0. The first kappa shape index (κ1) is 26.5. The normalized spacial score (nSPS) is 14.4. The molecule has 0 saturated heterocycles. The quantitative estimate of drug-likeness (QED) is 0.368. The van der Waals surface area contributed by atoms with Gasteiger partial charge in [-0.3, -0.25) is 0 Å². The summed E-state index contributed by atoms with van der Waals surface area (Å²) in [6.45, 7) is 9.87. The van der Waals surface area contributed by atoms with Crippen molar-refractivity contribution < 1.29 is 14.8 Å². The van der Waals surface area contributed by atoms with Crippen LogP contribution in [0, 0.1) is 0 Å². The van der Waals surface area contributed by atoms with Gasteiger partial charge in [-0.15, -0.1) is 0 Å². The maximum atomic E-state index is 12.4. The first-order valence-corrected chi connectivity index (χ1v) is 13.0. The number of anilines is 1. The Labute approximate surface area is 197 Å². The van der Waals surface area contributed by atoms with Crippen LogP contribution < -0.4 is 10.2 Å². The highest BCUT2D eigenvalue weighted by molar-refractivity contribution is 7.91. The Morgan fingerprint density at radius 3 is 2.34 bits per heavy atom. The molecule has 0 radical (unpaired) electrons. The fourth-order valence-electron chi connectivity index (χ4n) is 3.47. The fraction of sp³-hybridized carbons (Fsp3) is 0.538. The largest absolute Gasteiger partial charge is 0.611 e. The van der Waals surface area contributed by atoms with Gasteiger partial charge in [-0.25, -0.2) is 0 Å². The molecule has 0 spiro atoms. The molecule has 32 heavy (non-hydrogen) atoms. The van der Waals surface area contributed by atoms with Crippen LogP contribution in [0.3, 0.4) is 0 Å². The van der Waals surface area contributed by atoms with E-state index in [-0.39, 0.29) is 11.8 Å². The molecule has 0 aliphatic carbocycles. The van der Waals surface area contributed by atoms with Crippen LogP contribution >= 0.6 is 0 Å². The third-order valence-corrected chi connectivity index (χ3v) is 7.33. The number of unbranched alkanes of at least 4 members (excludes halogenated alkanes) is 1. The lowest BCUT2D eigenvalue weighted by Crippen LogP contribution is -2.33. The number of nitrogens with zero attached hydrogens (tertiary/aromatic N) is 1. The van der Waals surface area contributed by atoms with E-state index in [0.717, 1.165) is 25.8 Å². The van der Waals surface area contributed by atoms with Gasteiger partial charge < -0.3 is 25.0 Å². The molecule has 3 unspecified atom stereocenters. The van der Waals surface area contributed by atoms with Crippen LogP contribution in [0.2, 0.25) is 0 Å². The predicted molar refractivity (Wildman–Crippen MR) is 135 cm³/mol. The summed E-state index contributed by atoms with van der Waals surface area (Å²) in [6, 6.07) is 13.9. The van der Waals surface area contributed by atoms with Gasteiger partial charge in [0.05, 0.1) is 6.10 Å². The Morgan fingerprint density at radius 1 is 1.06 bits per heavy atom. The van der Waals surface area contributed by atoms with Crippen LogP contribution in [0.4, 0.5) is 5.69 Å². The lowest BCUT2D eigenvalue weighted by molar-refractivity contribution is 0.170. The highest BCUT2D eigenvalue weighted by Gasteiger charge is 2.19. The fourth-order valence-corrected chi connectivity index (χ4v) is 4.81. The summed E-state index contributed by atoms with van der Waals surface area (Å²) in [5.41, 5.74) is 3.22. The summed E-state index contributed by atoms with van der Waals surface area (Å²) < 4.78 is 12.4. The second-order valence-electron chi connectivity index (χ2n) is 8.91. The zero-order chi connectivity index (χ0) is 23.7. The Hall–Kier alpha value is -1.73. The third-order valence-electron chi connectivity index (χ3n) is 5.85. The van der Waals surface area contributed by atoms with Crippen molar-refractivity contribution in [2.24, 2.45) is 0 Å². The maximum Gasteiger partial charge on any atom is 0.194 e. The van der Waals surface area contributed by atoms with Gasteiger partial charge in [0.1, 0.15) is 5.75 Å². The molecule has 0 aliphatic heterocycles. The van der Waals surface area contributed by atoms with Crippen molar-refractivity contribution in [2.75, 3.05) is 30.8 Å². The molecule has 0 heterocycles. The number of aliphatic hydroxyl groups excluding tert-OH is 1. The van der Waals surface area contributed by atoms with Crippen LogP contribution in [0.15, 0.2) is 47.4 Å². The highest BCUT2D eigenvalue weighted by Crippen LogP contribution is 2.28. The molecule has 0 aliphatic rings. The Balaban J connectivity index is 1.83. The number of hydrogen-bond donors (Lipinski definition) is 3. The van der Waals surface area contributed by atoms with Crippen molar-refractivity contribution >= 4 is 16.9 Å². The van der Waals surface area contributed by atoms with Crippen LogP contribution in [0.1, 0.15) is 70.1 Å². The summed E-state index contributed by atoms with van der Waals surface area (Å²) in [6.07, 6.45) is 2.02. The van der Waals surface area contributed by atoms with E-state index in [4.69, 9.17) is 0 Å². The number of phenols is 1. The van der Waals surface area contributed by atoms with E-state index >= 15 is 0 Å². The molecule has 0 aromatic heterocycles. The number of hydrogen-bond acceptors (Lipinski definition) is 5. The van der Waals surface area contributed by atoms with Gasteiger partial charge in [-0.1, -0.05) is 45.4 Å². The van der Waals surface area contributed by atoms with Gasteiger partial charge >= 0.3 is 0 Å². The molecule has 0 amide bonds. The molecule has 5 nitrogen and oxygen atoms in total. The molecule has 0 bridgehead atoms. The van der Waals surface area contributed by atoms with E-state index in [0.29, 0.717) is 28.7 Å². The van der Waals surface area contributed by atoms with Gasteiger partial charge in [0, 0.05) is 37.9 Å². The summed E-state index contributed by atoms with van der Waals surface area (Å²) in [5, 5.41) is 24.1. The van der Waals surface area contributed by atoms with Crippen molar-refractivity contribution in [1.82, 2.24) is 5.32 Å². The molecule has 2 rings (SSSR count). The second kappa shape index (κ2) is 13.1. The van der Waals surface area contributed by atoms with Crippen molar-refractivity contribution in [3.8, 4) is 5.75 Å². The average Bonchev–Trinajstić information content (AvgIpc) is 2.79. The molecule has 0 fully saturated rings. The molecule has 3 N–H and O–H groups in total. The summed E-state index contributed by atoms with van der Waals surface area (Å²) >= 11 is -1.25. The summed E-state index contributed by atoms with van der Waals surface area (Å²) in [5.74, 6) is 1.08. The van der Waals surface area contributed by atoms with E-state index in [1.54, 1.807) is 12.1 Å². The van der Waals surface area contributed by atoms with Gasteiger partial charge in [-0.2, -0.15) is 0 Å². The molecule has 2 aromatic rings. The lowest BCUT2D eigenvalue weighted by atomic mass is 10.0. The standard InChI is InChI=1S/C26H40N2O3S/c1-6-7-16-32(31)26-17-22(10-13-24(26)29)25(30)18-27-20(4)14-15-28(5)23-11-8-21(9-12-23)19(2)3/h8-13,17,19-20,25,27,29-30H,6-7,14-16,18H2,1-5H3. The molecule has 6 heteroatoms. The molecular weight excluding hydrogens is 420 g/mol. The summed E-state index contributed by atoms with van der Waals surface area (Å²) in [4.78, 5) is 2.66. The lowest BCUT2D eigenvalue weighted by Gasteiger charge is -2.23. The second-order valence-corrected chi connectivity index (χ2v) is 10.5. The van der Waals surface area contributed by atoms with E-state index in [1.165, 1.54) is 17.3 Å². The van der Waals surface area contributed by atoms with Gasteiger partial charge in [0.15, 0.2) is 10.6 Å². The van der Waals surface area contributed by atoms with Crippen molar-refractivity contribution in [2.45, 2.75) is 69.9 Å². The molecule has 2 aromatic carbocycles. The number of aromatic hydroxyl groups is 1. The number of nitrogens with one attached hydrogen (secondary N) is 1. The minimum absolute atomic E-state index is 0.0289. The zero-order valence-electron chi connectivity index (χ0n) is 20.2. The van der Waals surface area contributed by atoms with E-state index in [9.17, 15) is 14.8 Å². The SMILES string of the molecule is CCCC[S+]([O-])c1cc(C(O)CNC(C)CCN(C)c2ccc(C(C)C)cc2)ccc1O. The number of phenolic OH excluding ortho intramolecular Hbond substituents is 1. The molecule has 0 saturated carbocycles. The van der Waals surface area contributed by atoms with E-state index in [1.807, 2.05) is 6.92 Å². The third kappa shape index (κ3) is 8.00. The Kier molecular flexibility index (Phi) is 10.9. The summed E-state index contributed by atoms with van der Waals surface area (Å²) in [7, 11) is 2.10. The van der Waals surface area contributed by atoms with Crippen LogP contribution in [-0.2, 0) is 11.2 Å². The van der Waals surface area contributed by atoms with Crippen molar-refractivity contribution in [3.05, 3.63) is 53.6 Å². The van der Waals surface area contributed by atoms with Gasteiger partial charge in [-0.05, 0) is 66.2 Å². The van der Waals surface area contributed by atoms with Crippen molar-refractivity contribution in [3.63, 3.8) is 0 Å². The smallest absolute Gasteiger partial charge is 0.194 e. The number of rotatable bonds is 13. The van der Waals surface area contributed by atoms with Crippen molar-refractivity contribution in [1.29, 1.82) is 0 Å². The van der Waals surface area contributed by atoms with Gasteiger partial charge in [0.25, 0.3) is 0 Å². The maximum absolute atomic E-state index is 12.4. The van der Waals surface area contributed by atoms with Gasteiger partial charge in [0.2, 0.25) is 0 Å². The number of benzene rings is 2. The highest BCUT2D eigenvalue weighted by atomic mass is 32.2. The Morgan fingerprint density at radius 2 is 1.72 bits per heavy atom. The minimum Gasteiger partial charge on any atom is -0.611 e. The molecule has 3 atom stereocenters.